The topological polar surface area (TPSA) is 82.9 Å². The maximum absolute atomic E-state index is 12.3. The summed E-state index contributed by atoms with van der Waals surface area (Å²) in [6.07, 6.45) is 6.49. The Balaban J connectivity index is 1.56. The normalized spacial score (nSPS) is 21.6. The monoisotopic (exact) mass is 372 g/mol. The maximum atomic E-state index is 12.3. The van der Waals surface area contributed by atoms with Gasteiger partial charge in [0.2, 0.25) is 11.8 Å². The fraction of sp³-hybridized carbons (Fsp3) is 0.474. The Hall–Kier alpha value is -2.15. The molecule has 1 aromatic carbocycles. The minimum atomic E-state index is -0.464. The lowest BCUT2D eigenvalue weighted by molar-refractivity contribution is -0.122. The summed E-state index contributed by atoms with van der Waals surface area (Å²) in [6, 6.07) is 7.71. The number of carbonyl (C=O) groups excluding carboxylic acids is 2. The second kappa shape index (κ2) is 8.98. The Labute approximate surface area is 157 Å². The van der Waals surface area contributed by atoms with Crippen LogP contribution in [0.1, 0.15) is 51.0 Å². The lowest BCUT2D eigenvalue weighted by atomic mass is 9.99. The van der Waals surface area contributed by atoms with Gasteiger partial charge in [-0.25, -0.2) is 0 Å². The van der Waals surface area contributed by atoms with Gasteiger partial charge in [-0.3, -0.25) is 9.59 Å². The fourth-order valence-corrected chi connectivity index (χ4v) is 4.00. The van der Waals surface area contributed by atoms with E-state index in [1.807, 2.05) is 31.2 Å². The summed E-state index contributed by atoms with van der Waals surface area (Å²) in [7, 11) is 0. The van der Waals surface area contributed by atoms with Gasteiger partial charge >= 0.3 is 0 Å². The van der Waals surface area contributed by atoms with E-state index in [-0.39, 0.29) is 18.2 Å². The molecule has 0 bridgehead atoms. The van der Waals surface area contributed by atoms with E-state index in [0.29, 0.717) is 5.17 Å². The molecule has 0 radical (unpaired) electrons. The molecule has 2 fully saturated rings. The molecule has 1 saturated carbocycles. The minimum absolute atomic E-state index is 0.115. The second-order valence-electron chi connectivity index (χ2n) is 6.49. The van der Waals surface area contributed by atoms with Crippen LogP contribution in [0, 0.1) is 0 Å². The number of nitrogens with zero attached hydrogens (tertiary/aromatic N) is 2. The number of amidine groups is 1. The molecule has 1 aliphatic heterocycles. The number of rotatable bonds is 5. The predicted octanol–water partition coefficient (Wildman–Crippen LogP) is 3.49. The summed E-state index contributed by atoms with van der Waals surface area (Å²) < 4.78 is 0. The number of carbonyl (C=O) groups is 2. The van der Waals surface area contributed by atoms with E-state index in [4.69, 9.17) is 0 Å². The molecule has 2 amide bonds. The smallest absolute Gasteiger partial charge is 0.240 e. The van der Waals surface area contributed by atoms with Crippen molar-refractivity contribution in [2.24, 2.45) is 10.2 Å². The van der Waals surface area contributed by atoms with Gasteiger partial charge in [0.05, 0.1) is 0 Å². The van der Waals surface area contributed by atoms with E-state index < -0.39 is 5.25 Å². The van der Waals surface area contributed by atoms with Gasteiger partial charge in [-0.2, -0.15) is 5.10 Å². The SMILES string of the molecule is CCc1ccccc1NC(=O)C[C@@H]1S/C(=N/N=C2CCCCC2)NC1=O. The Morgan fingerprint density at radius 2 is 2.00 bits per heavy atom. The molecule has 1 aromatic rings. The number of amides is 2. The lowest BCUT2D eigenvalue weighted by Crippen LogP contribution is -2.28. The first-order valence-corrected chi connectivity index (χ1v) is 10.0. The molecule has 138 valence electrons. The van der Waals surface area contributed by atoms with Gasteiger partial charge in [-0.15, -0.1) is 5.10 Å². The van der Waals surface area contributed by atoms with E-state index >= 15 is 0 Å². The van der Waals surface area contributed by atoms with Gasteiger partial charge in [0.25, 0.3) is 0 Å². The molecular formula is C19H24N4O2S. The molecule has 0 aromatic heterocycles. The van der Waals surface area contributed by atoms with E-state index in [2.05, 4.69) is 20.8 Å². The fourth-order valence-electron chi connectivity index (χ4n) is 3.08. The molecule has 3 rings (SSSR count). The summed E-state index contributed by atoms with van der Waals surface area (Å²) in [5.41, 5.74) is 2.98. The molecule has 7 heteroatoms. The van der Waals surface area contributed by atoms with E-state index in [9.17, 15) is 9.59 Å². The van der Waals surface area contributed by atoms with Crippen molar-refractivity contribution in [2.45, 2.75) is 57.1 Å². The maximum Gasteiger partial charge on any atom is 0.240 e. The number of thioether (sulfide) groups is 1. The first-order valence-electron chi connectivity index (χ1n) is 9.14. The van der Waals surface area contributed by atoms with Crippen molar-refractivity contribution in [3.63, 3.8) is 0 Å². The van der Waals surface area contributed by atoms with E-state index in [0.717, 1.165) is 49.1 Å². The van der Waals surface area contributed by atoms with Crippen molar-refractivity contribution < 1.29 is 9.59 Å². The van der Waals surface area contributed by atoms with Crippen LogP contribution in [0.25, 0.3) is 0 Å². The molecule has 0 spiro atoms. The number of aryl methyl sites for hydroxylation is 1. The van der Waals surface area contributed by atoms with E-state index in [1.54, 1.807) is 0 Å². The number of para-hydroxylation sites is 1. The zero-order chi connectivity index (χ0) is 18.4. The van der Waals surface area contributed by atoms with Crippen LogP contribution in [0.15, 0.2) is 34.5 Å². The second-order valence-corrected chi connectivity index (χ2v) is 7.68. The highest BCUT2D eigenvalue weighted by molar-refractivity contribution is 8.15. The molecule has 2 aliphatic rings. The molecule has 1 aliphatic carbocycles. The number of anilines is 1. The van der Waals surface area contributed by atoms with Crippen LogP contribution >= 0.6 is 11.8 Å². The van der Waals surface area contributed by atoms with Gasteiger partial charge in [-0.1, -0.05) is 43.3 Å². The first kappa shape index (κ1) is 18.6. The molecule has 0 unspecified atom stereocenters. The van der Waals surface area contributed by atoms with Crippen LogP contribution in [0.4, 0.5) is 5.69 Å². The molecule has 1 atom stereocenters. The van der Waals surface area contributed by atoms with Gasteiger partial charge in [-0.05, 0) is 43.7 Å². The zero-order valence-corrected chi connectivity index (χ0v) is 15.8. The van der Waals surface area contributed by atoms with Crippen molar-refractivity contribution in [1.82, 2.24) is 5.32 Å². The van der Waals surface area contributed by atoms with E-state index in [1.165, 1.54) is 18.2 Å². The quantitative estimate of drug-likeness (QED) is 0.776. The van der Waals surface area contributed by atoms with Crippen molar-refractivity contribution in [1.29, 1.82) is 0 Å². The Morgan fingerprint density at radius 1 is 1.23 bits per heavy atom. The van der Waals surface area contributed by atoms with Crippen molar-refractivity contribution >= 4 is 40.1 Å². The summed E-state index contributed by atoms with van der Waals surface area (Å²) >= 11 is 1.28. The predicted molar refractivity (Wildman–Crippen MR) is 107 cm³/mol. The highest BCUT2D eigenvalue weighted by atomic mass is 32.2. The molecule has 26 heavy (non-hydrogen) atoms. The first-order chi connectivity index (χ1) is 12.7. The largest absolute Gasteiger partial charge is 0.326 e. The van der Waals surface area contributed by atoms with Gasteiger partial charge in [0.15, 0.2) is 5.17 Å². The highest BCUT2D eigenvalue weighted by Gasteiger charge is 2.32. The van der Waals surface area contributed by atoms with Gasteiger partial charge < -0.3 is 10.6 Å². The molecule has 2 N–H and O–H groups in total. The van der Waals surface area contributed by atoms with Crippen LogP contribution in [0.3, 0.4) is 0 Å². The van der Waals surface area contributed by atoms with Crippen LogP contribution in [0.2, 0.25) is 0 Å². The average molecular weight is 372 g/mol. The third-order valence-electron chi connectivity index (χ3n) is 4.53. The Kier molecular flexibility index (Phi) is 6.44. The average Bonchev–Trinajstić information content (AvgIpc) is 3.00. The van der Waals surface area contributed by atoms with Crippen LogP contribution in [0.5, 0.6) is 0 Å². The van der Waals surface area contributed by atoms with Crippen LogP contribution in [-0.4, -0.2) is 27.9 Å². The van der Waals surface area contributed by atoms with Crippen molar-refractivity contribution in [2.75, 3.05) is 5.32 Å². The summed E-state index contributed by atoms with van der Waals surface area (Å²) in [6.45, 7) is 2.04. The Bertz CT molecular complexity index is 737. The lowest BCUT2D eigenvalue weighted by Gasteiger charge is -2.10. The summed E-state index contributed by atoms with van der Waals surface area (Å²) in [5, 5.41) is 14.1. The third-order valence-corrected chi connectivity index (χ3v) is 5.60. The number of benzene rings is 1. The van der Waals surface area contributed by atoms with Crippen molar-refractivity contribution in [3.8, 4) is 0 Å². The summed E-state index contributed by atoms with van der Waals surface area (Å²) in [5.74, 6) is -0.352. The molecule has 6 nitrogen and oxygen atoms in total. The molecular weight excluding hydrogens is 348 g/mol. The Morgan fingerprint density at radius 3 is 2.77 bits per heavy atom. The third kappa shape index (κ3) is 4.94. The van der Waals surface area contributed by atoms with Gasteiger partial charge in [0, 0.05) is 17.8 Å². The standard InChI is InChI=1S/C19H24N4O2S/c1-2-13-8-6-7-11-15(13)20-17(24)12-16-18(25)21-19(26-16)23-22-14-9-4-3-5-10-14/h6-8,11,16H,2-5,9-10,12H2,1H3,(H,20,24)(H,21,23,25)/t16-/m0/s1. The molecule has 1 saturated heterocycles. The van der Waals surface area contributed by atoms with Crippen LogP contribution in [-0.2, 0) is 16.0 Å². The highest BCUT2D eigenvalue weighted by Crippen LogP contribution is 2.24. The molecule has 1 heterocycles. The number of hydrogen-bond donors (Lipinski definition) is 2. The number of nitrogens with one attached hydrogen (secondary N) is 2. The minimum Gasteiger partial charge on any atom is -0.326 e. The summed E-state index contributed by atoms with van der Waals surface area (Å²) in [4.78, 5) is 24.4. The van der Waals surface area contributed by atoms with Crippen LogP contribution < -0.4 is 10.6 Å². The zero-order valence-electron chi connectivity index (χ0n) is 15.0. The van der Waals surface area contributed by atoms with Crippen molar-refractivity contribution in [3.05, 3.63) is 29.8 Å². The number of hydrogen-bond acceptors (Lipinski definition) is 5. The van der Waals surface area contributed by atoms with Gasteiger partial charge in [0.1, 0.15) is 5.25 Å².